The highest BCUT2D eigenvalue weighted by molar-refractivity contribution is 7.98. The van der Waals surface area contributed by atoms with E-state index in [4.69, 9.17) is 5.11 Å². The van der Waals surface area contributed by atoms with E-state index in [1.165, 1.54) is 27.8 Å². The summed E-state index contributed by atoms with van der Waals surface area (Å²) in [5.41, 5.74) is 1.66. The Morgan fingerprint density at radius 3 is 2.81 bits per heavy atom. The fourth-order valence-electron chi connectivity index (χ4n) is 2.22. The van der Waals surface area contributed by atoms with E-state index >= 15 is 0 Å². The lowest BCUT2D eigenvalue weighted by atomic mass is 10.1. The third-order valence-electron chi connectivity index (χ3n) is 3.26. The average molecular weight is 319 g/mol. The van der Waals surface area contributed by atoms with Crippen molar-refractivity contribution in [2.75, 3.05) is 11.1 Å². The van der Waals surface area contributed by atoms with E-state index in [2.05, 4.69) is 5.32 Å². The van der Waals surface area contributed by atoms with Crippen LogP contribution in [0.4, 0.5) is 5.69 Å². The maximum Gasteiger partial charge on any atom is 0.337 e. The maximum absolute atomic E-state index is 12.3. The van der Waals surface area contributed by atoms with Crippen LogP contribution in [0.15, 0.2) is 30.3 Å². The van der Waals surface area contributed by atoms with Gasteiger partial charge in [0.1, 0.15) is 0 Å². The number of hydrogen-bond donors (Lipinski definition) is 2. The average Bonchev–Trinajstić information content (AvgIpc) is 2.91. The van der Waals surface area contributed by atoms with Crippen molar-refractivity contribution in [2.24, 2.45) is 0 Å². The Hall–Kier alpha value is -1.79. The minimum absolute atomic E-state index is 0.0997. The zero-order chi connectivity index (χ0) is 14.8. The molecule has 0 saturated heterocycles. The fraction of sp³-hybridized carbons (Fsp3) is 0.200. The summed E-state index contributed by atoms with van der Waals surface area (Å²) in [5, 5.41) is 11.8. The number of anilines is 1. The van der Waals surface area contributed by atoms with Crippen molar-refractivity contribution in [3.63, 3.8) is 0 Å². The minimum atomic E-state index is -1.05. The van der Waals surface area contributed by atoms with E-state index < -0.39 is 5.97 Å². The topological polar surface area (TPSA) is 66.4 Å². The smallest absolute Gasteiger partial charge is 0.337 e. The number of carboxylic acid groups (broad SMARTS) is 1. The van der Waals surface area contributed by atoms with Crippen LogP contribution in [0.5, 0.6) is 0 Å². The van der Waals surface area contributed by atoms with E-state index in [-0.39, 0.29) is 11.5 Å². The van der Waals surface area contributed by atoms with E-state index in [0.717, 1.165) is 17.9 Å². The molecule has 2 aromatic rings. The van der Waals surface area contributed by atoms with Crippen LogP contribution in [0.25, 0.3) is 0 Å². The number of para-hydroxylation sites is 1. The monoisotopic (exact) mass is 319 g/mol. The first-order valence-corrected chi connectivity index (χ1v) is 8.45. The molecule has 1 amide bonds. The molecule has 4 nitrogen and oxygen atoms in total. The molecule has 2 heterocycles. The van der Waals surface area contributed by atoms with Crippen LogP contribution in [-0.4, -0.2) is 22.7 Å². The number of thiophene rings is 1. The summed E-state index contributed by atoms with van der Waals surface area (Å²) < 4.78 is 0. The van der Waals surface area contributed by atoms with Gasteiger partial charge in [-0.2, -0.15) is 11.8 Å². The number of thioether (sulfide) groups is 1. The lowest BCUT2D eigenvalue weighted by molar-refractivity contribution is 0.0698. The van der Waals surface area contributed by atoms with Crippen LogP contribution in [-0.2, 0) is 12.2 Å². The zero-order valence-electron chi connectivity index (χ0n) is 11.1. The van der Waals surface area contributed by atoms with Crippen LogP contribution >= 0.6 is 23.1 Å². The molecule has 0 atom stereocenters. The Morgan fingerprint density at radius 1 is 1.24 bits per heavy atom. The van der Waals surface area contributed by atoms with Gasteiger partial charge in [-0.1, -0.05) is 12.1 Å². The number of amides is 1. The number of carbonyl (C=O) groups is 2. The highest BCUT2D eigenvalue weighted by Gasteiger charge is 2.19. The van der Waals surface area contributed by atoms with Gasteiger partial charge in [0, 0.05) is 10.6 Å². The predicted molar refractivity (Wildman–Crippen MR) is 85.5 cm³/mol. The fourth-order valence-corrected chi connectivity index (χ4v) is 4.49. The first-order valence-electron chi connectivity index (χ1n) is 6.48. The van der Waals surface area contributed by atoms with Crippen molar-refractivity contribution < 1.29 is 14.7 Å². The van der Waals surface area contributed by atoms with Gasteiger partial charge < -0.3 is 10.4 Å². The second kappa shape index (κ2) is 5.91. The summed E-state index contributed by atoms with van der Waals surface area (Å²) in [7, 11) is 0. The van der Waals surface area contributed by atoms with Crippen molar-refractivity contribution in [1.82, 2.24) is 0 Å². The van der Waals surface area contributed by atoms with Crippen molar-refractivity contribution in [1.29, 1.82) is 0 Å². The van der Waals surface area contributed by atoms with Crippen molar-refractivity contribution in [3.8, 4) is 0 Å². The number of carboxylic acids is 1. The number of carbonyl (C=O) groups excluding carboxylic acids is 1. The SMILES string of the molecule is O=C(Nc1ccccc1C(=O)O)c1cc2c(s1)CCSC2. The molecule has 0 saturated carbocycles. The zero-order valence-corrected chi connectivity index (χ0v) is 12.7. The van der Waals surface area contributed by atoms with Crippen LogP contribution in [0.3, 0.4) is 0 Å². The molecule has 1 aromatic carbocycles. The summed E-state index contributed by atoms with van der Waals surface area (Å²) in [6.45, 7) is 0. The van der Waals surface area contributed by atoms with Crippen LogP contribution < -0.4 is 5.32 Å². The molecule has 3 rings (SSSR count). The van der Waals surface area contributed by atoms with Crippen molar-refractivity contribution in [2.45, 2.75) is 12.2 Å². The largest absolute Gasteiger partial charge is 0.478 e. The minimum Gasteiger partial charge on any atom is -0.478 e. The Labute approximate surface area is 130 Å². The summed E-state index contributed by atoms with van der Waals surface area (Å²) in [6, 6.07) is 8.35. The predicted octanol–water partition coefficient (Wildman–Crippen LogP) is 3.49. The van der Waals surface area contributed by atoms with Crippen molar-refractivity contribution >= 4 is 40.7 Å². The van der Waals surface area contributed by atoms with Gasteiger partial charge in [0.25, 0.3) is 5.91 Å². The lowest BCUT2D eigenvalue weighted by Gasteiger charge is -2.08. The molecule has 0 unspecified atom stereocenters. The number of aromatic carboxylic acids is 1. The summed E-state index contributed by atoms with van der Waals surface area (Å²) in [5.74, 6) is 0.752. The highest BCUT2D eigenvalue weighted by atomic mass is 32.2. The number of nitrogens with one attached hydrogen (secondary N) is 1. The van der Waals surface area contributed by atoms with E-state index in [1.807, 2.05) is 17.8 Å². The Morgan fingerprint density at radius 2 is 2.05 bits per heavy atom. The van der Waals surface area contributed by atoms with Crippen LogP contribution in [0.2, 0.25) is 0 Å². The van der Waals surface area contributed by atoms with Gasteiger partial charge in [0.15, 0.2) is 0 Å². The van der Waals surface area contributed by atoms with Crippen LogP contribution in [0.1, 0.15) is 30.5 Å². The number of fused-ring (bicyclic) bond motifs is 1. The van der Waals surface area contributed by atoms with Gasteiger partial charge in [0.05, 0.1) is 16.1 Å². The molecule has 0 spiro atoms. The quantitative estimate of drug-likeness (QED) is 0.909. The summed E-state index contributed by atoms with van der Waals surface area (Å²) >= 11 is 3.37. The number of rotatable bonds is 3. The van der Waals surface area contributed by atoms with Gasteiger partial charge >= 0.3 is 5.97 Å². The van der Waals surface area contributed by atoms with Gasteiger partial charge in [-0.25, -0.2) is 4.79 Å². The molecule has 0 aliphatic carbocycles. The molecule has 1 aliphatic heterocycles. The first kappa shape index (κ1) is 14.2. The molecule has 21 heavy (non-hydrogen) atoms. The van der Waals surface area contributed by atoms with Gasteiger partial charge in [-0.15, -0.1) is 11.3 Å². The molecular weight excluding hydrogens is 306 g/mol. The molecule has 0 fully saturated rings. The second-order valence-corrected chi connectivity index (χ2v) is 6.91. The molecule has 0 radical (unpaired) electrons. The van der Waals surface area contributed by atoms with Crippen molar-refractivity contribution in [3.05, 3.63) is 51.2 Å². The molecule has 6 heteroatoms. The normalized spacial score (nSPS) is 13.5. The molecular formula is C15H13NO3S2. The van der Waals surface area contributed by atoms with Crippen LogP contribution in [0, 0.1) is 0 Å². The Bertz CT molecular complexity index is 685. The lowest BCUT2D eigenvalue weighted by Crippen LogP contribution is -2.13. The van der Waals surface area contributed by atoms with E-state index in [1.54, 1.807) is 18.2 Å². The maximum atomic E-state index is 12.3. The second-order valence-electron chi connectivity index (χ2n) is 4.67. The van der Waals surface area contributed by atoms with Gasteiger partial charge in [-0.05, 0) is 35.9 Å². The molecule has 1 aromatic heterocycles. The number of aryl methyl sites for hydroxylation is 1. The van der Waals surface area contributed by atoms with E-state index in [0.29, 0.717) is 10.6 Å². The highest BCUT2D eigenvalue weighted by Crippen LogP contribution is 2.32. The molecule has 108 valence electrons. The summed E-state index contributed by atoms with van der Waals surface area (Å²) in [4.78, 5) is 25.4. The molecule has 0 bridgehead atoms. The third kappa shape index (κ3) is 2.96. The standard InChI is InChI=1S/C15H13NO3S2/c17-14(13-7-9-8-20-6-5-12(9)21-13)16-11-4-2-1-3-10(11)15(18)19/h1-4,7H,5-6,8H2,(H,16,17)(H,18,19). The number of benzene rings is 1. The Balaban J connectivity index is 1.83. The van der Waals surface area contributed by atoms with E-state index in [9.17, 15) is 9.59 Å². The van der Waals surface area contributed by atoms with Gasteiger partial charge in [0.2, 0.25) is 0 Å². The van der Waals surface area contributed by atoms with Gasteiger partial charge in [-0.3, -0.25) is 4.79 Å². The third-order valence-corrected chi connectivity index (χ3v) is 5.50. The first-order chi connectivity index (χ1) is 10.1. The molecule has 1 aliphatic rings. The Kier molecular flexibility index (Phi) is 3.98. The molecule has 2 N–H and O–H groups in total. The number of hydrogen-bond acceptors (Lipinski definition) is 4. The summed E-state index contributed by atoms with van der Waals surface area (Å²) in [6.07, 6.45) is 1.00.